The second-order valence-electron chi connectivity index (χ2n) is 4.94. The molecule has 3 rings (SSSR count). The Labute approximate surface area is 122 Å². The van der Waals surface area contributed by atoms with E-state index in [0.717, 1.165) is 37.4 Å². The van der Waals surface area contributed by atoms with Gasteiger partial charge >= 0.3 is 0 Å². The Kier molecular flexibility index (Phi) is 4.18. The molecule has 0 amide bonds. The lowest BCUT2D eigenvalue weighted by Gasteiger charge is -2.31. The molecule has 0 unspecified atom stereocenters. The molecule has 1 fully saturated rings. The van der Waals surface area contributed by atoms with Gasteiger partial charge in [0, 0.05) is 37.0 Å². The molecule has 0 saturated carbocycles. The highest BCUT2D eigenvalue weighted by Crippen LogP contribution is 2.33. The van der Waals surface area contributed by atoms with Gasteiger partial charge in [0.1, 0.15) is 5.82 Å². The lowest BCUT2D eigenvalue weighted by atomic mass is 9.91. The van der Waals surface area contributed by atoms with Crippen LogP contribution in [-0.4, -0.2) is 28.3 Å². The Morgan fingerprint density at radius 2 is 2.45 bits per heavy atom. The van der Waals surface area contributed by atoms with Gasteiger partial charge in [-0.1, -0.05) is 11.6 Å². The van der Waals surface area contributed by atoms with Crippen LogP contribution in [-0.2, 0) is 4.74 Å². The van der Waals surface area contributed by atoms with Crippen molar-refractivity contribution in [1.29, 1.82) is 0 Å². The monoisotopic (exact) mass is 292 g/mol. The number of aromatic nitrogens is 3. The zero-order valence-electron chi connectivity index (χ0n) is 11.1. The highest BCUT2D eigenvalue weighted by atomic mass is 35.5. The quantitative estimate of drug-likeness (QED) is 0.909. The summed E-state index contributed by atoms with van der Waals surface area (Å²) in [6, 6.07) is 3.66. The number of aromatic amines is 1. The minimum atomic E-state index is 0.0810. The van der Waals surface area contributed by atoms with E-state index in [4.69, 9.17) is 16.3 Å². The number of pyridine rings is 1. The van der Waals surface area contributed by atoms with E-state index in [1.807, 2.05) is 24.5 Å². The van der Waals surface area contributed by atoms with Gasteiger partial charge < -0.3 is 10.1 Å². The Morgan fingerprint density at radius 3 is 3.25 bits per heavy atom. The second kappa shape index (κ2) is 6.24. The van der Waals surface area contributed by atoms with Crippen molar-refractivity contribution in [2.24, 2.45) is 5.92 Å². The van der Waals surface area contributed by atoms with Gasteiger partial charge in [0.15, 0.2) is 0 Å². The Bertz CT molecular complexity index is 546. The number of nitrogens with one attached hydrogen (secondary N) is 2. The fourth-order valence-corrected chi connectivity index (χ4v) is 2.77. The summed E-state index contributed by atoms with van der Waals surface area (Å²) in [5.41, 5.74) is 1.10. The molecule has 1 saturated heterocycles. The van der Waals surface area contributed by atoms with Crippen molar-refractivity contribution in [3.63, 3.8) is 0 Å². The number of halogens is 1. The summed E-state index contributed by atoms with van der Waals surface area (Å²) >= 11 is 6.11. The first kappa shape index (κ1) is 13.4. The second-order valence-corrected chi connectivity index (χ2v) is 5.35. The first-order valence-corrected chi connectivity index (χ1v) is 7.17. The molecule has 0 radical (unpaired) electrons. The number of H-pyrrole nitrogens is 1. The van der Waals surface area contributed by atoms with Gasteiger partial charge in [0.25, 0.3) is 0 Å². The van der Waals surface area contributed by atoms with Crippen molar-refractivity contribution in [2.75, 3.05) is 18.5 Å². The SMILES string of the molecule is Clc1cccnc1NC[C@@H]1CCCO[C@H]1c1cn[nH]c1. The van der Waals surface area contributed by atoms with Crippen molar-refractivity contribution in [2.45, 2.75) is 18.9 Å². The molecule has 2 aromatic heterocycles. The van der Waals surface area contributed by atoms with E-state index in [2.05, 4.69) is 20.5 Å². The summed E-state index contributed by atoms with van der Waals surface area (Å²) in [5.74, 6) is 1.12. The Morgan fingerprint density at radius 1 is 1.50 bits per heavy atom. The largest absolute Gasteiger partial charge is 0.373 e. The summed E-state index contributed by atoms with van der Waals surface area (Å²) in [6.07, 6.45) is 7.74. The van der Waals surface area contributed by atoms with Crippen molar-refractivity contribution in [3.05, 3.63) is 41.3 Å². The topological polar surface area (TPSA) is 62.8 Å². The molecular formula is C14H17ClN4O. The number of rotatable bonds is 4. The van der Waals surface area contributed by atoms with Crippen molar-refractivity contribution >= 4 is 17.4 Å². The van der Waals surface area contributed by atoms with Crippen LogP contribution in [0.2, 0.25) is 5.02 Å². The van der Waals surface area contributed by atoms with E-state index >= 15 is 0 Å². The predicted octanol–water partition coefficient (Wildman–Crippen LogP) is 3.04. The standard InChI is InChI=1S/C14H17ClN4O/c15-12-4-1-5-16-14(12)17-7-10-3-2-6-20-13(10)11-8-18-19-9-11/h1,4-5,8-10,13H,2-3,6-7H2,(H,16,17)(H,18,19)/t10-,13+/m0/s1. The molecule has 1 aliphatic rings. The number of anilines is 1. The van der Waals surface area contributed by atoms with Crippen LogP contribution >= 0.6 is 11.6 Å². The van der Waals surface area contributed by atoms with Crippen molar-refractivity contribution in [1.82, 2.24) is 15.2 Å². The third-order valence-electron chi connectivity index (χ3n) is 3.58. The number of nitrogens with zero attached hydrogens (tertiary/aromatic N) is 2. The van der Waals surface area contributed by atoms with Gasteiger partial charge in [-0.2, -0.15) is 5.10 Å². The van der Waals surface area contributed by atoms with Crippen LogP contribution in [0, 0.1) is 5.92 Å². The highest BCUT2D eigenvalue weighted by Gasteiger charge is 2.28. The van der Waals surface area contributed by atoms with E-state index in [0.29, 0.717) is 10.9 Å². The van der Waals surface area contributed by atoms with Crippen molar-refractivity contribution < 1.29 is 4.74 Å². The first-order valence-electron chi connectivity index (χ1n) is 6.79. The van der Waals surface area contributed by atoms with Crippen LogP contribution in [0.1, 0.15) is 24.5 Å². The van der Waals surface area contributed by atoms with Crippen LogP contribution in [0.15, 0.2) is 30.7 Å². The third kappa shape index (κ3) is 2.94. The Hall–Kier alpha value is -1.59. The van der Waals surface area contributed by atoms with Crippen LogP contribution < -0.4 is 5.32 Å². The van der Waals surface area contributed by atoms with E-state index in [1.165, 1.54) is 0 Å². The first-order chi connectivity index (χ1) is 9.84. The minimum Gasteiger partial charge on any atom is -0.373 e. The van der Waals surface area contributed by atoms with E-state index in [-0.39, 0.29) is 6.10 Å². The van der Waals surface area contributed by atoms with Gasteiger partial charge in [-0.25, -0.2) is 4.98 Å². The number of hydrogen-bond donors (Lipinski definition) is 2. The summed E-state index contributed by atoms with van der Waals surface area (Å²) < 4.78 is 5.90. The van der Waals surface area contributed by atoms with Crippen LogP contribution in [0.25, 0.3) is 0 Å². The molecule has 0 bridgehead atoms. The lowest BCUT2D eigenvalue weighted by Crippen LogP contribution is -2.28. The normalized spacial score (nSPS) is 22.6. The smallest absolute Gasteiger partial charge is 0.144 e. The number of hydrogen-bond acceptors (Lipinski definition) is 4. The third-order valence-corrected chi connectivity index (χ3v) is 3.89. The fraction of sp³-hybridized carbons (Fsp3) is 0.429. The zero-order valence-corrected chi connectivity index (χ0v) is 11.8. The van der Waals surface area contributed by atoms with Gasteiger partial charge in [-0.15, -0.1) is 0 Å². The minimum absolute atomic E-state index is 0.0810. The predicted molar refractivity (Wildman–Crippen MR) is 77.7 cm³/mol. The zero-order chi connectivity index (χ0) is 13.8. The molecule has 2 N–H and O–H groups in total. The lowest BCUT2D eigenvalue weighted by molar-refractivity contribution is -0.0238. The molecule has 5 nitrogen and oxygen atoms in total. The summed E-state index contributed by atoms with van der Waals surface area (Å²) in [4.78, 5) is 4.25. The molecule has 0 spiro atoms. The molecule has 106 valence electrons. The van der Waals surface area contributed by atoms with E-state index < -0.39 is 0 Å². The maximum absolute atomic E-state index is 6.11. The average Bonchev–Trinajstić information content (AvgIpc) is 3.01. The molecule has 2 aromatic rings. The summed E-state index contributed by atoms with van der Waals surface area (Å²) in [7, 11) is 0. The van der Waals surface area contributed by atoms with Gasteiger partial charge in [0.05, 0.1) is 17.3 Å². The molecule has 6 heteroatoms. The molecule has 0 aromatic carbocycles. The average molecular weight is 293 g/mol. The van der Waals surface area contributed by atoms with Crippen molar-refractivity contribution in [3.8, 4) is 0 Å². The van der Waals surface area contributed by atoms with Gasteiger partial charge in [-0.3, -0.25) is 5.10 Å². The molecule has 2 atom stereocenters. The molecule has 1 aliphatic heterocycles. The number of ether oxygens (including phenoxy) is 1. The molecule has 0 aliphatic carbocycles. The molecule has 3 heterocycles. The summed E-state index contributed by atoms with van der Waals surface area (Å²) in [5, 5.41) is 10.8. The van der Waals surface area contributed by atoms with Crippen LogP contribution in [0.3, 0.4) is 0 Å². The summed E-state index contributed by atoms with van der Waals surface area (Å²) in [6.45, 7) is 1.59. The highest BCUT2D eigenvalue weighted by molar-refractivity contribution is 6.32. The molecular weight excluding hydrogens is 276 g/mol. The van der Waals surface area contributed by atoms with Gasteiger partial charge in [0.2, 0.25) is 0 Å². The maximum atomic E-state index is 6.11. The Balaban J connectivity index is 1.67. The van der Waals surface area contributed by atoms with Crippen LogP contribution in [0.5, 0.6) is 0 Å². The fourth-order valence-electron chi connectivity index (χ4n) is 2.58. The van der Waals surface area contributed by atoms with Crippen LogP contribution in [0.4, 0.5) is 5.82 Å². The van der Waals surface area contributed by atoms with Gasteiger partial charge in [-0.05, 0) is 25.0 Å². The van der Waals surface area contributed by atoms with E-state index in [9.17, 15) is 0 Å². The maximum Gasteiger partial charge on any atom is 0.144 e. The molecule has 20 heavy (non-hydrogen) atoms. The van der Waals surface area contributed by atoms with E-state index in [1.54, 1.807) is 6.20 Å².